The third-order valence-electron chi connectivity index (χ3n) is 3.82. The lowest BCUT2D eigenvalue weighted by atomic mass is 10.1. The second-order valence-electron chi connectivity index (χ2n) is 5.29. The molecule has 2 aromatic rings. The maximum atomic E-state index is 12.8. The molecule has 0 aromatic carbocycles. The van der Waals surface area contributed by atoms with Gasteiger partial charge in [0.15, 0.2) is 11.5 Å². The molecule has 1 aliphatic heterocycles. The van der Waals surface area contributed by atoms with Gasteiger partial charge in [0, 0.05) is 31.5 Å². The van der Waals surface area contributed by atoms with Crippen molar-refractivity contribution in [3.05, 3.63) is 24.2 Å². The zero-order valence-electron chi connectivity index (χ0n) is 11.3. The summed E-state index contributed by atoms with van der Waals surface area (Å²) >= 11 is 0. The van der Waals surface area contributed by atoms with E-state index in [2.05, 4.69) is 10.1 Å². The van der Waals surface area contributed by atoms with E-state index in [1.807, 2.05) is 4.90 Å². The molecule has 1 atom stereocenters. The van der Waals surface area contributed by atoms with E-state index >= 15 is 0 Å². The number of anilines is 1. The molecule has 5 nitrogen and oxygen atoms in total. The SMILES string of the molecule is NCCC1CCN(c2nccn3nc(C(F)(F)F)cc23)C1. The minimum Gasteiger partial charge on any atom is -0.355 e. The third kappa shape index (κ3) is 2.67. The zero-order valence-corrected chi connectivity index (χ0v) is 11.3. The standard InChI is InChI=1S/C13H16F3N5/c14-13(15,16)11-7-10-12(18-4-6-21(10)19-11)20-5-2-9(8-20)1-3-17/h4,6-7,9H,1-3,5,8,17H2. The van der Waals surface area contributed by atoms with Gasteiger partial charge in [-0.3, -0.25) is 0 Å². The predicted molar refractivity (Wildman–Crippen MR) is 72.0 cm³/mol. The molecule has 0 spiro atoms. The van der Waals surface area contributed by atoms with E-state index in [-0.39, 0.29) is 0 Å². The van der Waals surface area contributed by atoms with Crippen LogP contribution in [-0.4, -0.2) is 34.2 Å². The average Bonchev–Trinajstić information content (AvgIpc) is 3.03. The molecule has 3 heterocycles. The van der Waals surface area contributed by atoms with Crippen molar-refractivity contribution in [2.24, 2.45) is 11.7 Å². The topological polar surface area (TPSA) is 59.5 Å². The van der Waals surface area contributed by atoms with Crippen LogP contribution in [0.4, 0.5) is 19.0 Å². The minimum absolute atomic E-state index is 0.387. The van der Waals surface area contributed by atoms with E-state index in [0.717, 1.165) is 32.0 Å². The number of rotatable bonds is 3. The number of halogens is 3. The van der Waals surface area contributed by atoms with E-state index in [1.165, 1.54) is 16.9 Å². The smallest absolute Gasteiger partial charge is 0.355 e. The van der Waals surface area contributed by atoms with E-state index in [9.17, 15) is 13.2 Å². The molecule has 2 aromatic heterocycles. The third-order valence-corrected chi connectivity index (χ3v) is 3.82. The molecule has 114 valence electrons. The quantitative estimate of drug-likeness (QED) is 0.940. The van der Waals surface area contributed by atoms with Crippen molar-refractivity contribution in [3.8, 4) is 0 Å². The van der Waals surface area contributed by atoms with Crippen LogP contribution in [-0.2, 0) is 6.18 Å². The first kappa shape index (κ1) is 14.1. The molecule has 8 heteroatoms. The average molecular weight is 299 g/mol. The Balaban J connectivity index is 1.94. The summed E-state index contributed by atoms with van der Waals surface area (Å²) in [5, 5.41) is 3.58. The number of nitrogens with zero attached hydrogens (tertiary/aromatic N) is 4. The molecule has 0 bridgehead atoms. The van der Waals surface area contributed by atoms with Crippen molar-refractivity contribution in [1.29, 1.82) is 0 Å². The Hall–Kier alpha value is -1.83. The van der Waals surface area contributed by atoms with Crippen molar-refractivity contribution in [2.45, 2.75) is 19.0 Å². The molecular weight excluding hydrogens is 283 g/mol. The molecule has 1 saturated heterocycles. The molecule has 21 heavy (non-hydrogen) atoms. The summed E-state index contributed by atoms with van der Waals surface area (Å²) in [6.45, 7) is 2.18. The molecule has 2 N–H and O–H groups in total. The van der Waals surface area contributed by atoms with Gasteiger partial charge in [0.1, 0.15) is 5.52 Å². The summed E-state index contributed by atoms with van der Waals surface area (Å²) in [5.41, 5.74) is 5.05. The largest absolute Gasteiger partial charge is 0.435 e. The van der Waals surface area contributed by atoms with Crippen LogP contribution in [0.15, 0.2) is 18.5 Å². The van der Waals surface area contributed by atoms with Crippen molar-refractivity contribution >= 4 is 11.3 Å². The highest BCUT2D eigenvalue weighted by Gasteiger charge is 2.35. The minimum atomic E-state index is -4.45. The number of alkyl halides is 3. The van der Waals surface area contributed by atoms with Crippen LogP contribution in [0.2, 0.25) is 0 Å². The van der Waals surface area contributed by atoms with Crippen LogP contribution in [0.25, 0.3) is 5.52 Å². The summed E-state index contributed by atoms with van der Waals surface area (Å²) in [6, 6.07) is 1.05. The Labute approximate surface area is 119 Å². The Morgan fingerprint density at radius 2 is 2.19 bits per heavy atom. The van der Waals surface area contributed by atoms with E-state index < -0.39 is 11.9 Å². The molecule has 0 saturated carbocycles. The van der Waals surface area contributed by atoms with E-state index in [4.69, 9.17) is 5.73 Å². The first-order chi connectivity index (χ1) is 9.99. The second-order valence-corrected chi connectivity index (χ2v) is 5.29. The number of hydrogen-bond donors (Lipinski definition) is 1. The number of nitrogens with two attached hydrogens (primary N) is 1. The van der Waals surface area contributed by atoms with Crippen LogP contribution < -0.4 is 10.6 Å². The highest BCUT2D eigenvalue weighted by molar-refractivity contribution is 5.69. The van der Waals surface area contributed by atoms with Gasteiger partial charge in [-0.1, -0.05) is 0 Å². The van der Waals surface area contributed by atoms with Crippen LogP contribution in [0.3, 0.4) is 0 Å². The molecule has 1 unspecified atom stereocenters. The molecule has 1 fully saturated rings. The van der Waals surface area contributed by atoms with Gasteiger partial charge in [-0.2, -0.15) is 18.3 Å². The van der Waals surface area contributed by atoms with E-state index in [0.29, 0.717) is 23.8 Å². The normalized spacial score (nSPS) is 19.6. The van der Waals surface area contributed by atoms with Gasteiger partial charge in [0.2, 0.25) is 0 Å². The zero-order chi connectivity index (χ0) is 15.0. The van der Waals surface area contributed by atoms with Gasteiger partial charge in [-0.05, 0) is 25.3 Å². The highest BCUT2D eigenvalue weighted by Crippen LogP contribution is 2.32. The van der Waals surface area contributed by atoms with Crippen molar-refractivity contribution in [2.75, 3.05) is 24.5 Å². The number of fused-ring (bicyclic) bond motifs is 1. The van der Waals surface area contributed by atoms with Crippen LogP contribution in [0.5, 0.6) is 0 Å². The fourth-order valence-corrected chi connectivity index (χ4v) is 2.79. The molecule has 0 radical (unpaired) electrons. The summed E-state index contributed by atoms with van der Waals surface area (Å²) in [4.78, 5) is 6.26. The van der Waals surface area contributed by atoms with Crippen LogP contribution >= 0.6 is 0 Å². The summed E-state index contributed by atoms with van der Waals surface area (Å²) in [7, 11) is 0. The van der Waals surface area contributed by atoms with Gasteiger partial charge >= 0.3 is 6.18 Å². The molecule has 0 amide bonds. The number of hydrogen-bond acceptors (Lipinski definition) is 4. The van der Waals surface area contributed by atoms with Crippen molar-refractivity contribution < 1.29 is 13.2 Å². The fourth-order valence-electron chi connectivity index (χ4n) is 2.79. The van der Waals surface area contributed by atoms with Gasteiger partial charge < -0.3 is 10.6 Å². The van der Waals surface area contributed by atoms with Gasteiger partial charge in [-0.15, -0.1) is 0 Å². The van der Waals surface area contributed by atoms with Crippen molar-refractivity contribution in [3.63, 3.8) is 0 Å². The molecular formula is C13H16F3N5. The lowest BCUT2D eigenvalue weighted by molar-refractivity contribution is -0.141. The number of aromatic nitrogens is 3. The summed E-state index contributed by atoms with van der Waals surface area (Å²) < 4.78 is 39.6. The van der Waals surface area contributed by atoms with Crippen LogP contribution in [0, 0.1) is 5.92 Å². The summed E-state index contributed by atoms with van der Waals surface area (Å²) in [5.74, 6) is 1.03. The highest BCUT2D eigenvalue weighted by atomic mass is 19.4. The monoisotopic (exact) mass is 299 g/mol. The first-order valence-electron chi connectivity index (χ1n) is 6.85. The Bertz CT molecular complexity index is 636. The lowest BCUT2D eigenvalue weighted by Crippen LogP contribution is -2.22. The fraction of sp³-hybridized carbons (Fsp3) is 0.538. The maximum absolute atomic E-state index is 12.8. The predicted octanol–water partition coefficient (Wildman–Crippen LogP) is 1.92. The lowest BCUT2D eigenvalue weighted by Gasteiger charge is -2.18. The Morgan fingerprint density at radius 1 is 1.38 bits per heavy atom. The second kappa shape index (κ2) is 5.18. The maximum Gasteiger partial charge on any atom is 0.435 e. The first-order valence-corrected chi connectivity index (χ1v) is 6.85. The van der Waals surface area contributed by atoms with Gasteiger partial charge in [0.05, 0.1) is 0 Å². The van der Waals surface area contributed by atoms with E-state index in [1.54, 1.807) is 0 Å². The van der Waals surface area contributed by atoms with Crippen LogP contribution in [0.1, 0.15) is 18.5 Å². The molecule has 3 rings (SSSR count). The Morgan fingerprint density at radius 3 is 2.90 bits per heavy atom. The Kier molecular flexibility index (Phi) is 3.48. The molecule has 0 aliphatic carbocycles. The van der Waals surface area contributed by atoms with Gasteiger partial charge in [0.25, 0.3) is 0 Å². The summed E-state index contributed by atoms with van der Waals surface area (Å²) in [6.07, 6.45) is 0.372. The van der Waals surface area contributed by atoms with Crippen molar-refractivity contribution in [1.82, 2.24) is 14.6 Å². The van der Waals surface area contributed by atoms with Gasteiger partial charge in [-0.25, -0.2) is 9.50 Å². The molecule has 1 aliphatic rings.